The number of fused-ring (bicyclic) bond motifs is 1. The van der Waals surface area contributed by atoms with Crippen molar-refractivity contribution in [1.82, 2.24) is 4.72 Å². The second-order valence-corrected chi connectivity index (χ2v) is 8.89. The van der Waals surface area contributed by atoms with Crippen LogP contribution >= 0.6 is 0 Å². The molecule has 4 aromatic rings. The average molecular weight is 462 g/mol. The van der Waals surface area contributed by atoms with Crippen LogP contribution in [0.25, 0.3) is 22.1 Å². The Balaban J connectivity index is 1.57. The van der Waals surface area contributed by atoms with Gasteiger partial charge in [0.05, 0.1) is 10.5 Å². The number of nitrogens with one attached hydrogen (secondary N) is 2. The summed E-state index contributed by atoms with van der Waals surface area (Å²) in [5.74, 6) is -1.15. The number of rotatable bonds is 5. The van der Waals surface area contributed by atoms with Crippen LogP contribution in [0.3, 0.4) is 0 Å². The number of para-hydroxylation sites is 1. The Hall–Kier alpha value is -4.24. The first-order valence-electron chi connectivity index (χ1n) is 9.81. The van der Waals surface area contributed by atoms with E-state index in [1.54, 1.807) is 42.5 Å². The van der Waals surface area contributed by atoms with E-state index in [1.165, 1.54) is 24.3 Å². The molecule has 8 nitrogen and oxygen atoms in total. The molecule has 3 aromatic carbocycles. The van der Waals surface area contributed by atoms with Crippen molar-refractivity contribution in [3.05, 3.63) is 94.8 Å². The van der Waals surface area contributed by atoms with Gasteiger partial charge in [0, 0.05) is 23.6 Å². The monoisotopic (exact) mass is 462 g/mol. The summed E-state index contributed by atoms with van der Waals surface area (Å²) in [6.07, 6.45) is 0. The van der Waals surface area contributed by atoms with Crippen LogP contribution in [0.15, 0.2) is 93.0 Å². The van der Waals surface area contributed by atoms with Crippen molar-refractivity contribution >= 4 is 38.5 Å². The highest BCUT2D eigenvalue weighted by Crippen LogP contribution is 2.22. The minimum atomic E-state index is -3.96. The Morgan fingerprint density at radius 1 is 0.879 bits per heavy atom. The van der Waals surface area contributed by atoms with Crippen LogP contribution in [0.2, 0.25) is 0 Å². The smallest absolute Gasteiger partial charge is 0.344 e. The SMILES string of the molecule is CC(=O)NS(=O)(=O)c1ccc(NC(=O)c2cccc(-c3cc4ccccc4oc3=O)c2)cc1. The molecular weight excluding hydrogens is 444 g/mol. The summed E-state index contributed by atoms with van der Waals surface area (Å²) in [6, 6.07) is 20.8. The number of amides is 2. The van der Waals surface area contributed by atoms with Crippen LogP contribution < -0.4 is 15.7 Å². The van der Waals surface area contributed by atoms with E-state index in [0.717, 1.165) is 12.3 Å². The third-order valence-electron chi connectivity index (χ3n) is 4.78. The Kier molecular flexibility index (Phi) is 5.80. The fourth-order valence-electron chi connectivity index (χ4n) is 3.26. The standard InChI is InChI=1S/C24H18N2O6S/c1-15(27)26-33(30,31)20-11-9-19(10-12-20)25-23(28)18-7-4-6-16(13-18)21-14-17-5-2-3-8-22(17)32-24(21)29/h2-14H,1H3,(H,25,28)(H,26,27). The summed E-state index contributed by atoms with van der Waals surface area (Å²) in [7, 11) is -3.96. The zero-order valence-electron chi connectivity index (χ0n) is 17.4. The van der Waals surface area contributed by atoms with E-state index in [4.69, 9.17) is 4.42 Å². The molecule has 0 spiro atoms. The molecule has 2 N–H and O–H groups in total. The predicted molar refractivity (Wildman–Crippen MR) is 123 cm³/mol. The van der Waals surface area contributed by atoms with E-state index in [1.807, 2.05) is 16.9 Å². The Labute approximate surface area is 188 Å². The lowest BCUT2D eigenvalue weighted by Gasteiger charge is -2.09. The summed E-state index contributed by atoms with van der Waals surface area (Å²) >= 11 is 0. The zero-order valence-corrected chi connectivity index (χ0v) is 18.2. The Morgan fingerprint density at radius 3 is 2.33 bits per heavy atom. The van der Waals surface area contributed by atoms with Gasteiger partial charge in [0.2, 0.25) is 5.91 Å². The van der Waals surface area contributed by atoms with Crippen molar-refractivity contribution < 1.29 is 22.4 Å². The summed E-state index contributed by atoms with van der Waals surface area (Å²) in [4.78, 5) is 36.1. The van der Waals surface area contributed by atoms with E-state index in [0.29, 0.717) is 28.0 Å². The van der Waals surface area contributed by atoms with E-state index in [9.17, 15) is 22.8 Å². The third-order valence-corrected chi connectivity index (χ3v) is 6.23. The number of hydrogen-bond acceptors (Lipinski definition) is 6. The number of hydrogen-bond donors (Lipinski definition) is 2. The van der Waals surface area contributed by atoms with Crippen molar-refractivity contribution in [3.8, 4) is 11.1 Å². The molecule has 33 heavy (non-hydrogen) atoms. The number of carbonyl (C=O) groups excluding carboxylic acids is 2. The first-order valence-corrected chi connectivity index (χ1v) is 11.3. The minimum absolute atomic E-state index is 0.110. The molecule has 0 aliphatic carbocycles. The molecule has 0 bridgehead atoms. The average Bonchev–Trinajstić information content (AvgIpc) is 2.78. The number of carbonyl (C=O) groups is 2. The molecule has 0 aliphatic rings. The van der Waals surface area contributed by atoms with Crippen molar-refractivity contribution in [2.75, 3.05) is 5.32 Å². The van der Waals surface area contributed by atoms with Crippen LogP contribution in [0.1, 0.15) is 17.3 Å². The summed E-state index contributed by atoms with van der Waals surface area (Å²) in [5.41, 5.74) is 1.48. The maximum atomic E-state index is 12.7. The van der Waals surface area contributed by atoms with Crippen LogP contribution in [-0.4, -0.2) is 20.2 Å². The van der Waals surface area contributed by atoms with Gasteiger partial charge in [-0.1, -0.05) is 30.3 Å². The van der Waals surface area contributed by atoms with Crippen molar-refractivity contribution in [1.29, 1.82) is 0 Å². The topological polar surface area (TPSA) is 123 Å². The largest absolute Gasteiger partial charge is 0.422 e. The normalized spacial score (nSPS) is 11.2. The maximum absolute atomic E-state index is 12.7. The summed E-state index contributed by atoms with van der Waals surface area (Å²) in [6.45, 7) is 1.10. The quantitative estimate of drug-likeness (QED) is 0.438. The van der Waals surface area contributed by atoms with E-state index in [2.05, 4.69) is 5.32 Å². The molecule has 2 amide bonds. The molecule has 9 heteroatoms. The van der Waals surface area contributed by atoms with Crippen LogP contribution in [0.5, 0.6) is 0 Å². The second kappa shape index (κ2) is 8.71. The zero-order chi connectivity index (χ0) is 23.6. The molecule has 1 aromatic heterocycles. The van der Waals surface area contributed by atoms with Crippen molar-refractivity contribution in [2.45, 2.75) is 11.8 Å². The molecule has 4 rings (SSSR count). The Bertz CT molecular complexity index is 1540. The number of anilines is 1. The fourth-order valence-corrected chi connectivity index (χ4v) is 4.25. The summed E-state index contributed by atoms with van der Waals surface area (Å²) in [5, 5.41) is 3.44. The molecular formula is C24H18N2O6S. The molecule has 1 heterocycles. The first-order chi connectivity index (χ1) is 15.7. The second-order valence-electron chi connectivity index (χ2n) is 7.21. The minimum Gasteiger partial charge on any atom is -0.422 e. The van der Waals surface area contributed by atoms with Crippen LogP contribution in [-0.2, 0) is 14.8 Å². The van der Waals surface area contributed by atoms with E-state index >= 15 is 0 Å². The van der Waals surface area contributed by atoms with Crippen molar-refractivity contribution in [3.63, 3.8) is 0 Å². The van der Waals surface area contributed by atoms with Crippen molar-refractivity contribution in [2.24, 2.45) is 0 Å². The van der Waals surface area contributed by atoms with Gasteiger partial charge in [-0.2, -0.15) is 0 Å². The van der Waals surface area contributed by atoms with Gasteiger partial charge in [-0.05, 0) is 54.1 Å². The first kappa shape index (κ1) is 22.0. The van der Waals surface area contributed by atoms with Gasteiger partial charge in [0.1, 0.15) is 5.58 Å². The van der Waals surface area contributed by atoms with Gasteiger partial charge in [-0.25, -0.2) is 17.9 Å². The fraction of sp³-hybridized carbons (Fsp3) is 0.0417. The molecule has 0 saturated heterocycles. The molecule has 0 unspecified atom stereocenters. The molecule has 0 radical (unpaired) electrons. The van der Waals surface area contributed by atoms with E-state index < -0.39 is 27.5 Å². The lowest BCUT2D eigenvalue weighted by atomic mass is 10.0. The Morgan fingerprint density at radius 2 is 1.61 bits per heavy atom. The summed E-state index contributed by atoms with van der Waals surface area (Å²) < 4.78 is 31.3. The highest BCUT2D eigenvalue weighted by molar-refractivity contribution is 7.90. The molecule has 166 valence electrons. The van der Waals surface area contributed by atoms with Crippen LogP contribution in [0, 0.1) is 0 Å². The van der Waals surface area contributed by atoms with Gasteiger partial charge in [-0.3, -0.25) is 9.59 Å². The van der Waals surface area contributed by atoms with Gasteiger partial charge in [0.25, 0.3) is 15.9 Å². The predicted octanol–water partition coefficient (Wildman–Crippen LogP) is 3.54. The van der Waals surface area contributed by atoms with Gasteiger partial charge >= 0.3 is 5.63 Å². The molecule has 0 fully saturated rings. The van der Waals surface area contributed by atoms with Gasteiger partial charge in [0.15, 0.2) is 0 Å². The lowest BCUT2D eigenvalue weighted by Crippen LogP contribution is -2.28. The highest BCUT2D eigenvalue weighted by atomic mass is 32.2. The van der Waals surface area contributed by atoms with Gasteiger partial charge in [-0.15, -0.1) is 0 Å². The maximum Gasteiger partial charge on any atom is 0.344 e. The molecule has 0 atom stereocenters. The van der Waals surface area contributed by atoms with E-state index in [-0.39, 0.29) is 4.90 Å². The van der Waals surface area contributed by atoms with Gasteiger partial charge < -0.3 is 9.73 Å². The number of sulfonamides is 1. The van der Waals surface area contributed by atoms with Crippen LogP contribution in [0.4, 0.5) is 5.69 Å². The number of benzene rings is 3. The lowest BCUT2D eigenvalue weighted by molar-refractivity contribution is -0.117. The molecule has 0 saturated carbocycles. The molecule has 0 aliphatic heterocycles. The third kappa shape index (κ3) is 4.83. The highest BCUT2D eigenvalue weighted by Gasteiger charge is 2.16.